The van der Waals surface area contributed by atoms with E-state index in [0.717, 1.165) is 6.42 Å². The molecule has 1 rings (SSSR count). The van der Waals surface area contributed by atoms with Gasteiger partial charge in [-0.05, 0) is 31.5 Å². The predicted molar refractivity (Wildman–Crippen MR) is 58.0 cm³/mol. The van der Waals surface area contributed by atoms with Gasteiger partial charge in [-0.1, -0.05) is 6.92 Å². The van der Waals surface area contributed by atoms with Crippen LogP contribution in [0.5, 0.6) is 0 Å². The van der Waals surface area contributed by atoms with E-state index in [0.29, 0.717) is 5.56 Å². The van der Waals surface area contributed by atoms with Crippen molar-refractivity contribution >= 4 is 11.6 Å². The van der Waals surface area contributed by atoms with E-state index in [2.05, 4.69) is 5.32 Å². The Morgan fingerprint density at radius 3 is 2.80 bits per heavy atom. The van der Waals surface area contributed by atoms with Gasteiger partial charge in [-0.2, -0.15) is 0 Å². The van der Waals surface area contributed by atoms with Crippen LogP contribution in [0.2, 0.25) is 0 Å². The lowest BCUT2D eigenvalue weighted by Crippen LogP contribution is -2.31. The van der Waals surface area contributed by atoms with Crippen molar-refractivity contribution in [3.63, 3.8) is 0 Å². The van der Waals surface area contributed by atoms with Crippen LogP contribution in [0, 0.1) is 5.82 Å². The van der Waals surface area contributed by atoms with E-state index in [1.165, 1.54) is 18.2 Å². The van der Waals surface area contributed by atoms with Crippen LogP contribution in [0.15, 0.2) is 18.2 Å². The van der Waals surface area contributed by atoms with Crippen LogP contribution < -0.4 is 11.1 Å². The Bertz CT molecular complexity index is 366. The second kappa shape index (κ2) is 4.77. The summed E-state index contributed by atoms with van der Waals surface area (Å²) in [4.78, 5) is 11.6. The monoisotopic (exact) mass is 210 g/mol. The Morgan fingerprint density at radius 2 is 2.27 bits per heavy atom. The molecule has 1 aromatic carbocycles. The first-order chi connectivity index (χ1) is 7.04. The molecule has 15 heavy (non-hydrogen) atoms. The highest BCUT2D eigenvalue weighted by Crippen LogP contribution is 2.12. The highest BCUT2D eigenvalue weighted by atomic mass is 19.1. The van der Waals surface area contributed by atoms with Crippen molar-refractivity contribution in [1.29, 1.82) is 0 Å². The first kappa shape index (κ1) is 11.5. The molecular formula is C11H15FN2O. The molecule has 1 aromatic rings. The van der Waals surface area contributed by atoms with Crippen molar-refractivity contribution in [3.05, 3.63) is 29.6 Å². The molecule has 0 saturated carbocycles. The fourth-order valence-corrected chi connectivity index (χ4v) is 1.09. The van der Waals surface area contributed by atoms with E-state index in [-0.39, 0.29) is 17.6 Å². The molecule has 0 aliphatic carbocycles. The lowest BCUT2D eigenvalue weighted by Gasteiger charge is -2.11. The van der Waals surface area contributed by atoms with Gasteiger partial charge in [0.15, 0.2) is 0 Å². The van der Waals surface area contributed by atoms with E-state index in [9.17, 15) is 9.18 Å². The molecule has 4 heteroatoms. The molecule has 82 valence electrons. The third kappa shape index (κ3) is 2.94. The number of benzene rings is 1. The van der Waals surface area contributed by atoms with Crippen molar-refractivity contribution in [3.8, 4) is 0 Å². The molecule has 1 unspecified atom stereocenters. The van der Waals surface area contributed by atoms with Crippen LogP contribution in [-0.2, 0) is 0 Å². The first-order valence-electron chi connectivity index (χ1n) is 4.90. The molecular weight excluding hydrogens is 195 g/mol. The normalized spacial score (nSPS) is 12.2. The molecule has 0 aromatic heterocycles. The maximum absolute atomic E-state index is 12.8. The van der Waals surface area contributed by atoms with Gasteiger partial charge in [0, 0.05) is 11.6 Å². The Morgan fingerprint density at radius 1 is 1.60 bits per heavy atom. The van der Waals surface area contributed by atoms with Crippen LogP contribution in [0.4, 0.5) is 10.1 Å². The van der Waals surface area contributed by atoms with E-state index in [1.54, 1.807) is 0 Å². The summed E-state index contributed by atoms with van der Waals surface area (Å²) in [5.41, 5.74) is 5.74. The molecule has 0 heterocycles. The minimum atomic E-state index is -0.505. The number of nitrogen functional groups attached to an aromatic ring is 1. The number of rotatable bonds is 3. The molecule has 3 nitrogen and oxygen atoms in total. The number of carbonyl (C=O) groups excluding carboxylic acids is 1. The van der Waals surface area contributed by atoms with Crippen LogP contribution >= 0.6 is 0 Å². The minimum absolute atomic E-state index is 0.00759. The summed E-state index contributed by atoms with van der Waals surface area (Å²) in [5.74, 6) is -0.730. The van der Waals surface area contributed by atoms with Crippen LogP contribution in [0.3, 0.4) is 0 Å². The number of hydrogen-bond acceptors (Lipinski definition) is 2. The number of carbonyl (C=O) groups is 1. The highest BCUT2D eigenvalue weighted by Gasteiger charge is 2.09. The molecule has 1 amide bonds. The molecule has 0 saturated heterocycles. The van der Waals surface area contributed by atoms with Crippen LogP contribution in [0.1, 0.15) is 30.6 Å². The van der Waals surface area contributed by atoms with Crippen molar-refractivity contribution in [1.82, 2.24) is 5.32 Å². The van der Waals surface area contributed by atoms with E-state index in [4.69, 9.17) is 5.73 Å². The zero-order chi connectivity index (χ0) is 11.4. The number of nitrogens with two attached hydrogens (primary N) is 1. The Balaban J connectivity index is 2.78. The van der Waals surface area contributed by atoms with E-state index >= 15 is 0 Å². The number of hydrogen-bond donors (Lipinski definition) is 2. The van der Waals surface area contributed by atoms with Gasteiger partial charge < -0.3 is 11.1 Å². The molecule has 0 radical (unpaired) electrons. The minimum Gasteiger partial charge on any atom is -0.396 e. The zero-order valence-corrected chi connectivity index (χ0v) is 8.88. The maximum atomic E-state index is 12.8. The summed E-state index contributed by atoms with van der Waals surface area (Å²) >= 11 is 0. The average Bonchev–Trinajstić information content (AvgIpc) is 2.21. The number of anilines is 1. The lowest BCUT2D eigenvalue weighted by atomic mass is 10.1. The number of halogens is 1. The van der Waals surface area contributed by atoms with Crippen molar-refractivity contribution in [2.75, 3.05) is 5.73 Å². The van der Waals surface area contributed by atoms with E-state index in [1.807, 2.05) is 13.8 Å². The zero-order valence-electron chi connectivity index (χ0n) is 8.88. The Labute approximate surface area is 88.5 Å². The smallest absolute Gasteiger partial charge is 0.251 e. The summed E-state index contributed by atoms with van der Waals surface area (Å²) in [6.07, 6.45) is 0.850. The second-order valence-electron chi connectivity index (χ2n) is 3.52. The summed E-state index contributed by atoms with van der Waals surface area (Å²) in [6, 6.07) is 4.06. The van der Waals surface area contributed by atoms with Gasteiger partial charge in [0.2, 0.25) is 0 Å². The van der Waals surface area contributed by atoms with Crippen molar-refractivity contribution in [2.24, 2.45) is 0 Å². The predicted octanol–water partition coefficient (Wildman–Crippen LogP) is 1.94. The van der Waals surface area contributed by atoms with Gasteiger partial charge in [0.25, 0.3) is 5.91 Å². The van der Waals surface area contributed by atoms with Gasteiger partial charge in [-0.3, -0.25) is 4.79 Å². The largest absolute Gasteiger partial charge is 0.396 e. The molecule has 0 aliphatic heterocycles. The molecule has 0 bridgehead atoms. The van der Waals surface area contributed by atoms with Gasteiger partial charge in [0.05, 0.1) is 5.69 Å². The summed E-state index contributed by atoms with van der Waals surface area (Å²) < 4.78 is 12.8. The standard InChI is InChI=1S/C11H15FN2O/c1-3-7(2)14-11(15)8-4-5-9(12)10(13)6-8/h4-7H,3,13H2,1-2H3,(H,14,15). The van der Waals surface area contributed by atoms with Crippen molar-refractivity contribution in [2.45, 2.75) is 26.3 Å². The maximum Gasteiger partial charge on any atom is 0.251 e. The third-order valence-corrected chi connectivity index (χ3v) is 2.25. The lowest BCUT2D eigenvalue weighted by molar-refractivity contribution is 0.0939. The number of amides is 1. The van der Waals surface area contributed by atoms with Gasteiger partial charge in [0.1, 0.15) is 5.82 Å². The third-order valence-electron chi connectivity index (χ3n) is 2.25. The van der Waals surface area contributed by atoms with Gasteiger partial charge in [-0.25, -0.2) is 4.39 Å². The topological polar surface area (TPSA) is 55.1 Å². The first-order valence-corrected chi connectivity index (χ1v) is 4.90. The SMILES string of the molecule is CCC(C)NC(=O)c1ccc(F)c(N)c1. The van der Waals surface area contributed by atoms with Crippen molar-refractivity contribution < 1.29 is 9.18 Å². The quantitative estimate of drug-likeness (QED) is 0.749. The molecule has 0 fully saturated rings. The van der Waals surface area contributed by atoms with Gasteiger partial charge >= 0.3 is 0 Å². The average molecular weight is 210 g/mol. The van der Waals surface area contributed by atoms with E-state index < -0.39 is 5.82 Å². The fourth-order valence-electron chi connectivity index (χ4n) is 1.09. The fraction of sp³-hybridized carbons (Fsp3) is 0.364. The second-order valence-corrected chi connectivity index (χ2v) is 3.52. The molecule has 0 spiro atoms. The van der Waals surface area contributed by atoms with Crippen LogP contribution in [0.25, 0.3) is 0 Å². The molecule has 3 N–H and O–H groups in total. The highest BCUT2D eigenvalue weighted by molar-refractivity contribution is 5.95. The van der Waals surface area contributed by atoms with Gasteiger partial charge in [-0.15, -0.1) is 0 Å². The summed E-state index contributed by atoms with van der Waals surface area (Å²) in [5, 5.41) is 2.78. The molecule has 1 atom stereocenters. The summed E-state index contributed by atoms with van der Waals surface area (Å²) in [7, 11) is 0. The molecule has 0 aliphatic rings. The summed E-state index contributed by atoms with van der Waals surface area (Å²) in [6.45, 7) is 3.88. The number of nitrogens with one attached hydrogen (secondary N) is 1. The Hall–Kier alpha value is -1.58. The van der Waals surface area contributed by atoms with Crippen LogP contribution in [-0.4, -0.2) is 11.9 Å². The Kier molecular flexibility index (Phi) is 3.66.